The van der Waals surface area contributed by atoms with Gasteiger partial charge in [-0.3, -0.25) is 4.79 Å². The summed E-state index contributed by atoms with van der Waals surface area (Å²) in [6.07, 6.45) is 1.33. The van der Waals surface area contributed by atoms with Gasteiger partial charge in [-0.1, -0.05) is 6.92 Å². The molecule has 0 aliphatic rings. The summed E-state index contributed by atoms with van der Waals surface area (Å²) in [7, 11) is 0. The second-order valence-electron chi connectivity index (χ2n) is 4.87. The van der Waals surface area contributed by atoms with E-state index in [0.717, 1.165) is 19.5 Å². The summed E-state index contributed by atoms with van der Waals surface area (Å²) in [5.41, 5.74) is -0.510. The van der Waals surface area contributed by atoms with E-state index in [1.807, 2.05) is 20.8 Å². The molecule has 0 aromatic rings. The molecule has 0 aliphatic carbocycles. The number of carbonyl (C=O) groups excluding carboxylic acids is 1. The van der Waals surface area contributed by atoms with Crippen molar-refractivity contribution in [3.05, 3.63) is 0 Å². The normalized spacial score (nSPS) is 11.1. The van der Waals surface area contributed by atoms with Crippen LogP contribution < -0.4 is 16.0 Å². The van der Waals surface area contributed by atoms with Gasteiger partial charge in [0.2, 0.25) is 0 Å². The third kappa shape index (κ3) is 9.89. The van der Waals surface area contributed by atoms with Crippen molar-refractivity contribution in [2.45, 2.75) is 45.6 Å². The highest BCUT2D eigenvalue weighted by Gasteiger charge is 2.21. The minimum absolute atomic E-state index is 0.0493. The summed E-state index contributed by atoms with van der Waals surface area (Å²) in [4.78, 5) is 22.0. The van der Waals surface area contributed by atoms with E-state index in [1.165, 1.54) is 0 Å². The van der Waals surface area contributed by atoms with E-state index in [4.69, 9.17) is 5.11 Å². The smallest absolute Gasteiger partial charge is 0.315 e. The quantitative estimate of drug-likeness (QED) is 0.464. The van der Waals surface area contributed by atoms with Crippen molar-refractivity contribution in [3.8, 4) is 0 Å². The number of carboxylic acid groups (broad SMARTS) is 1. The SMILES string of the molecule is CCNCCCNC(=O)NC(C)(C)CCC(=O)O. The molecule has 0 saturated carbocycles. The second-order valence-corrected chi connectivity index (χ2v) is 4.87. The van der Waals surface area contributed by atoms with Crippen molar-refractivity contribution in [3.63, 3.8) is 0 Å². The van der Waals surface area contributed by atoms with E-state index < -0.39 is 11.5 Å². The highest BCUT2D eigenvalue weighted by Crippen LogP contribution is 2.10. The molecule has 0 fully saturated rings. The Balaban J connectivity index is 3.74. The summed E-state index contributed by atoms with van der Waals surface area (Å²) in [5, 5.41) is 17.3. The van der Waals surface area contributed by atoms with Crippen molar-refractivity contribution < 1.29 is 14.7 Å². The van der Waals surface area contributed by atoms with Gasteiger partial charge in [0.15, 0.2) is 0 Å². The Bertz CT molecular complexity index is 267. The number of carbonyl (C=O) groups is 2. The molecule has 4 N–H and O–H groups in total. The molecular weight excluding hydrogens is 234 g/mol. The van der Waals surface area contributed by atoms with Crippen molar-refractivity contribution in [1.29, 1.82) is 0 Å². The molecular formula is C12H25N3O3. The first-order valence-electron chi connectivity index (χ1n) is 6.36. The zero-order chi connectivity index (χ0) is 14.0. The predicted molar refractivity (Wildman–Crippen MR) is 70.6 cm³/mol. The topological polar surface area (TPSA) is 90.5 Å². The summed E-state index contributed by atoms with van der Waals surface area (Å²) < 4.78 is 0. The maximum Gasteiger partial charge on any atom is 0.315 e. The summed E-state index contributed by atoms with van der Waals surface area (Å²) in [6, 6.07) is -0.248. The second kappa shape index (κ2) is 8.74. The van der Waals surface area contributed by atoms with Crippen LogP contribution in [0.2, 0.25) is 0 Å². The molecule has 0 aromatic heterocycles. The van der Waals surface area contributed by atoms with Gasteiger partial charge in [-0.05, 0) is 39.8 Å². The van der Waals surface area contributed by atoms with Gasteiger partial charge in [0, 0.05) is 18.5 Å². The van der Waals surface area contributed by atoms with Gasteiger partial charge >= 0.3 is 12.0 Å². The Morgan fingerprint density at radius 3 is 2.44 bits per heavy atom. The Morgan fingerprint density at radius 2 is 1.89 bits per heavy atom. The molecule has 0 aliphatic heterocycles. The number of amides is 2. The number of aliphatic carboxylic acids is 1. The van der Waals surface area contributed by atoms with Gasteiger partial charge in [0.25, 0.3) is 0 Å². The van der Waals surface area contributed by atoms with Crippen LogP contribution >= 0.6 is 0 Å². The lowest BCUT2D eigenvalue weighted by molar-refractivity contribution is -0.137. The van der Waals surface area contributed by atoms with Crippen LogP contribution in [-0.2, 0) is 4.79 Å². The maximum absolute atomic E-state index is 11.5. The minimum Gasteiger partial charge on any atom is -0.481 e. The molecule has 0 saturated heterocycles. The van der Waals surface area contributed by atoms with Crippen molar-refractivity contribution in [2.24, 2.45) is 0 Å². The third-order valence-corrected chi connectivity index (χ3v) is 2.48. The average Bonchev–Trinajstić information content (AvgIpc) is 2.26. The molecule has 0 atom stereocenters. The predicted octanol–water partition coefficient (Wildman–Crippen LogP) is 0.929. The van der Waals surface area contributed by atoms with E-state index in [1.54, 1.807) is 0 Å². The summed E-state index contributed by atoms with van der Waals surface area (Å²) in [6.45, 7) is 8.06. The van der Waals surface area contributed by atoms with Crippen LogP contribution in [0.4, 0.5) is 4.79 Å². The number of hydrogen-bond acceptors (Lipinski definition) is 3. The molecule has 0 unspecified atom stereocenters. The van der Waals surface area contributed by atoms with Gasteiger partial charge in [-0.15, -0.1) is 0 Å². The van der Waals surface area contributed by atoms with Crippen LogP contribution in [0.25, 0.3) is 0 Å². The van der Waals surface area contributed by atoms with Crippen LogP contribution in [0.3, 0.4) is 0 Å². The molecule has 0 heterocycles. The summed E-state index contributed by atoms with van der Waals surface area (Å²) >= 11 is 0. The number of nitrogens with one attached hydrogen (secondary N) is 3. The van der Waals surface area contributed by atoms with Crippen LogP contribution in [0.15, 0.2) is 0 Å². The lowest BCUT2D eigenvalue weighted by Gasteiger charge is -2.25. The van der Waals surface area contributed by atoms with Gasteiger partial charge in [0.05, 0.1) is 0 Å². The fourth-order valence-corrected chi connectivity index (χ4v) is 1.43. The van der Waals surface area contributed by atoms with Crippen molar-refractivity contribution in [1.82, 2.24) is 16.0 Å². The number of carboxylic acids is 1. The number of rotatable bonds is 9. The van der Waals surface area contributed by atoms with Gasteiger partial charge in [-0.2, -0.15) is 0 Å². The van der Waals surface area contributed by atoms with E-state index in [9.17, 15) is 9.59 Å². The van der Waals surface area contributed by atoms with Gasteiger partial charge in [-0.25, -0.2) is 4.79 Å². The minimum atomic E-state index is -0.851. The monoisotopic (exact) mass is 259 g/mol. The third-order valence-electron chi connectivity index (χ3n) is 2.48. The zero-order valence-corrected chi connectivity index (χ0v) is 11.5. The molecule has 6 heteroatoms. The molecule has 18 heavy (non-hydrogen) atoms. The lowest BCUT2D eigenvalue weighted by atomic mass is 9.99. The highest BCUT2D eigenvalue weighted by molar-refractivity contribution is 5.74. The van der Waals surface area contributed by atoms with E-state index in [0.29, 0.717) is 13.0 Å². The van der Waals surface area contributed by atoms with E-state index >= 15 is 0 Å². The zero-order valence-electron chi connectivity index (χ0n) is 11.5. The molecule has 2 amide bonds. The van der Waals surface area contributed by atoms with Crippen molar-refractivity contribution in [2.75, 3.05) is 19.6 Å². The number of urea groups is 1. The fraction of sp³-hybridized carbons (Fsp3) is 0.833. The lowest BCUT2D eigenvalue weighted by Crippen LogP contribution is -2.48. The van der Waals surface area contributed by atoms with E-state index in [-0.39, 0.29) is 12.5 Å². The summed E-state index contributed by atoms with van der Waals surface area (Å²) in [5.74, 6) is -0.851. The van der Waals surface area contributed by atoms with Gasteiger partial charge in [0.1, 0.15) is 0 Å². The first-order valence-corrected chi connectivity index (χ1v) is 6.36. The van der Waals surface area contributed by atoms with Gasteiger partial charge < -0.3 is 21.1 Å². The molecule has 0 spiro atoms. The number of hydrogen-bond donors (Lipinski definition) is 4. The van der Waals surface area contributed by atoms with Crippen LogP contribution in [0.1, 0.15) is 40.0 Å². The Morgan fingerprint density at radius 1 is 1.22 bits per heavy atom. The largest absolute Gasteiger partial charge is 0.481 e. The maximum atomic E-state index is 11.5. The first-order chi connectivity index (χ1) is 8.37. The Hall–Kier alpha value is -1.30. The first kappa shape index (κ1) is 16.7. The highest BCUT2D eigenvalue weighted by atomic mass is 16.4. The van der Waals surface area contributed by atoms with Crippen LogP contribution in [0.5, 0.6) is 0 Å². The molecule has 106 valence electrons. The Kier molecular flexibility index (Phi) is 8.11. The average molecular weight is 259 g/mol. The van der Waals surface area contributed by atoms with E-state index in [2.05, 4.69) is 16.0 Å². The molecule has 0 rings (SSSR count). The molecule has 6 nitrogen and oxygen atoms in total. The fourth-order valence-electron chi connectivity index (χ4n) is 1.43. The molecule has 0 bridgehead atoms. The van der Waals surface area contributed by atoms with Crippen molar-refractivity contribution >= 4 is 12.0 Å². The molecule has 0 radical (unpaired) electrons. The van der Waals surface area contributed by atoms with Crippen LogP contribution in [0, 0.1) is 0 Å². The Labute approximate surface area is 109 Å². The standard InChI is InChI=1S/C12H25N3O3/c1-4-13-8-5-9-14-11(18)15-12(2,3)7-6-10(16)17/h13H,4-9H2,1-3H3,(H,16,17)(H2,14,15,18). The molecule has 0 aromatic carbocycles. The van der Waals surface area contributed by atoms with Crippen LogP contribution in [-0.4, -0.2) is 42.3 Å².